The minimum atomic E-state index is -0.844. The summed E-state index contributed by atoms with van der Waals surface area (Å²) in [6, 6.07) is 7.89. The minimum Gasteiger partial charge on any atom is -0.497 e. The standard InChI is InChI=1S/C15H22N2O2/c1-15(14(16)18,17-12-7-3-4-8-12)11-6-5-9-13(10-11)19-2/h5-6,9-10,12,17H,3-4,7-8H2,1-2H3,(H2,16,18). The van der Waals surface area contributed by atoms with E-state index in [0.717, 1.165) is 24.2 Å². The molecule has 1 aliphatic rings. The first kappa shape index (κ1) is 13.9. The van der Waals surface area contributed by atoms with Gasteiger partial charge in [-0.3, -0.25) is 10.1 Å². The van der Waals surface area contributed by atoms with Crippen LogP contribution in [0.1, 0.15) is 38.2 Å². The van der Waals surface area contributed by atoms with Crippen LogP contribution < -0.4 is 15.8 Å². The van der Waals surface area contributed by atoms with E-state index in [1.807, 2.05) is 31.2 Å². The molecular weight excluding hydrogens is 240 g/mol. The lowest BCUT2D eigenvalue weighted by atomic mass is 9.89. The molecule has 0 heterocycles. The van der Waals surface area contributed by atoms with Crippen molar-refractivity contribution in [3.05, 3.63) is 29.8 Å². The topological polar surface area (TPSA) is 64.3 Å². The summed E-state index contributed by atoms with van der Waals surface area (Å²) in [6.07, 6.45) is 4.63. The van der Waals surface area contributed by atoms with Crippen molar-refractivity contribution in [3.63, 3.8) is 0 Å². The Bertz CT molecular complexity index is 455. The number of nitrogens with two attached hydrogens (primary N) is 1. The third-order valence-electron chi connectivity index (χ3n) is 3.99. The van der Waals surface area contributed by atoms with Gasteiger partial charge in [-0.05, 0) is 37.5 Å². The quantitative estimate of drug-likeness (QED) is 0.852. The van der Waals surface area contributed by atoms with Gasteiger partial charge in [0, 0.05) is 6.04 Å². The number of rotatable bonds is 5. The molecule has 1 fully saturated rings. The van der Waals surface area contributed by atoms with Crippen molar-refractivity contribution in [2.45, 2.75) is 44.2 Å². The van der Waals surface area contributed by atoms with Crippen LogP contribution in [0.4, 0.5) is 0 Å². The van der Waals surface area contributed by atoms with Crippen LogP contribution in [0, 0.1) is 0 Å². The second kappa shape index (κ2) is 5.61. The summed E-state index contributed by atoms with van der Waals surface area (Å²) in [5.74, 6) is 0.380. The zero-order valence-corrected chi connectivity index (χ0v) is 11.6. The lowest BCUT2D eigenvalue weighted by Gasteiger charge is -2.31. The van der Waals surface area contributed by atoms with Gasteiger partial charge in [-0.15, -0.1) is 0 Å². The summed E-state index contributed by atoms with van der Waals surface area (Å²) >= 11 is 0. The molecule has 1 amide bonds. The second-order valence-corrected chi connectivity index (χ2v) is 5.35. The van der Waals surface area contributed by atoms with Crippen molar-refractivity contribution in [1.29, 1.82) is 0 Å². The third kappa shape index (κ3) is 2.89. The number of hydrogen-bond acceptors (Lipinski definition) is 3. The van der Waals surface area contributed by atoms with Crippen LogP contribution >= 0.6 is 0 Å². The van der Waals surface area contributed by atoms with Gasteiger partial charge in [0.1, 0.15) is 11.3 Å². The fourth-order valence-corrected chi connectivity index (χ4v) is 2.71. The van der Waals surface area contributed by atoms with Crippen LogP contribution in [0.25, 0.3) is 0 Å². The molecule has 1 unspecified atom stereocenters. The molecule has 1 aliphatic carbocycles. The molecule has 0 bridgehead atoms. The molecule has 4 nitrogen and oxygen atoms in total. The Morgan fingerprint density at radius 2 is 2.11 bits per heavy atom. The number of amides is 1. The van der Waals surface area contributed by atoms with Crippen molar-refractivity contribution < 1.29 is 9.53 Å². The van der Waals surface area contributed by atoms with E-state index >= 15 is 0 Å². The molecular formula is C15H22N2O2. The highest BCUT2D eigenvalue weighted by atomic mass is 16.5. The SMILES string of the molecule is COc1cccc(C(C)(NC2CCCC2)C(N)=O)c1. The van der Waals surface area contributed by atoms with E-state index in [0.29, 0.717) is 6.04 Å². The number of methoxy groups -OCH3 is 1. The second-order valence-electron chi connectivity index (χ2n) is 5.35. The number of hydrogen-bond donors (Lipinski definition) is 2. The van der Waals surface area contributed by atoms with Crippen molar-refractivity contribution in [2.24, 2.45) is 5.73 Å². The molecule has 1 aromatic rings. The van der Waals surface area contributed by atoms with Crippen molar-refractivity contribution in [3.8, 4) is 5.75 Å². The predicted molar refractivity (Wildman–Crippen MR) is 74.9 cm³/mol. The van der Waals surface area contributed by atoms with Gasteiger partial charge < -0.3 is 10.5 Å². The van der Waals surface area contributed by atoms with Gasteiger partial charge in [-0.2, -0.15) is 0 Å². The first-order valence-electron chi connectivity index (χ1n) is 6.78. The largest absolute Gasteiger partial charge is 0.497 e. The Labute approximate surface area is 114 Å². The van der Waals surface area contributed by atoms with Crippen molar-refractivity contribution in [2.75, 3.05) is 7.11 Å². The summed E-state index contributed by atoms with van der Waals surface area (Å²) in [5, 5.41) is 3.43. The first-order valence-corrected chi connectivity index (χ1v) is 6.78. The molecule has 0 spiro atoms. The molecule has 0 aromatic heterocycles. The Morgan fingerprint density at radius 1 is 1.42 bits per heavy atom. The Balaban J connectivity index is 2.28. The molecule has 3 N–H and O–H groups in total. The molecule has 2 rings (SSSR count). The van der Waals surface area contributed by atoms with Gasteiger partial charge in [0.05, 0.1) is 7.11 Å². The minimum absolute atomic E-state index is 0.354. The van der Waals surface area contributed by atoms with Gasteiger partial charge in [-0.1, -0.05) is 25.0 Å². The highest BCUT2D eigenvalue weighted by molar-refractivity contribution is 5.85. The Morgan fingerprint density at radius 3 is 2.68 bits per heavy atom. The molecule has 1 atom stereocenters. The zero-order chi connectivity index (χ0) is 13.9. The van der Waals surface area contributed by atoms with E-state index in [1.54, 1.807) is 7.11 Å². The normalized spacial score (nSPS) is 19.1. The van der Waals surface area contributed by atoms with Crippen molar-refractivity contribution in [1.82, 2.24) is 5.32 Å². The fourth-order valence-electron chi connectivity index (χ4n) is 2.71. The first-order chi connectivity index (χ1) is 9.06. The van der Waals surface area contributed by atoms with E-state index in [-0.39, 0.29) is 5.91 Å². The van der Waals surface area contributed by atoms with Crippen LogP contribution in [0.2, 0.25) is 0 Å². The van der Waals surface area contributed by atoms with Gasteiger partial charge in [0.2, 0.25) is 5.91 Å². The van der Waals surface area contributed by atoms with E-state index in [1.165, 1.54) is 12.8 Å². The molecule has 4 heteroatoms. The number of benzene rings is 1. The zero-order valence-electron chi connectivity index (χ0n) is 11.6. The van der Waals surface area contributed by atoms with Gasteiger partial charge >= 0.3 is 0 Å². The number of primary amides is 1. The number of carbonyl (C=O) groups is 1. The van der Waals surface area contributed by atoms with E-state index in [4.69, 9.17) is 10.5 Å². The summed E-state index contributed by atoms with van der Waals surface area (Å²) in [5.41, 5.74) is 5.64. The van der Waals surface area contributed by atoms with Gasteiger partial charge in [0.25, 0.3) is 0 Å². The molecule has 0 aliphatic heterocycles. The summed E-state index contributed by atoms with van der Waals surface area (Å²) in [7, 11) is 1.62. The molecule has 19 heavy (non-hydrogen) atoms. The maximum absolute atomic E-state index is 11.9. The van der Waals surface area contributed by atoms with E-state index in [2.05, 4.69) is 5.32 Å². The number of carbonyl (C=O) groups excluding carboxylic acids is 1. The summed E-state index contributed by atoms with van der Waals surface area (Å²) in [6.45, 7) is 1.85. The average molecular weight is 262 g/mol. The van der Waals surface area contributed by atoms with E-state index < -0.39 is 5.54 Å². The van der Waals surface area contributed by atoms with E-state index in [9.17, 15) is 4.79 Å². The molecule has 0 radical (unpaired) electrons. The molecule has 1 saturated carbocycles. The lowest BCUT2D eigenvalue weighted by Crippen LogP contribution is -2.53. The lowest BCUT2D eigenvalue weighted by molar-refractivity contribution is -0.124. The number of nitrogens with one attached hydrogen (secondary N) is 1. The average Bonchev–Trinajstić information content (AvgIpc) is 2.91. The van der Waals surface area contributed by atoms with Gasteiger partial charge in [-0.25, -0.2) is 0 Å². The molecule has 104 valence electrons. The highest BCUT2D eigenvalue weighted by Crippen LogP contribution is 2.28. The maximum Gasteiger partial charge on any atom is 0.242 e. The summed E-state index contributed by atoms with van der Waals surface area (Å²) in [4.78, 5) is 11.9. The predicted octanol–water partition coefficient (Wildman–Crippen LogP) is 1.93. The van der Waals surface area contributed by atoms with Crippen LogP contribution in [-0.4, -0.2) is 19.1 Å². The smallest absolute Gasteiger partial charge is 0.242 e. The van der Waals surface area contributed by atoms with Crippen LogP contribution in [0.5, 0.6) is 5.75 Å². The summed E-state index contributed by atoms with van der Waals surface area (Å²) < 4.78 is 5.22. The maximum atomic E-state index is 11.9. The Kier molecular flexibility index (Phi) is 4.10. The van der Waals surface area contributed by atoms with Crippen LogP contribution in [0.3, 0.4) is 0 Å². The molecule has 1 aromatic carbocycles. The molecule has 0 saturated heterocycles. The van der Waals surface area contributed by atoms with Crippen molar-refractivity contribution >= 4 is 5.91 Å². The highest BCUT2D eigenvalue weighted by Gasteiger charge is 2.36. The van der Waals surface area contributed by atoms with Gasteiger partial charge in [0.15, 0.2) is 0 Å². The van der Waals surface area contributed by atoms with Crippen LogP contribution in [-0.2, 0) is 10.3 Å². The van der Waals surface area contributed by atoms with Crippen LogP contribution in [0.15, 0.2) is 24.3 Å². The Hall–Kier alpha value is -1.55. The monoisotopic (exact) mass is 262 g/mol. The number of ether oxygens (including phenoxy) is 1. The fraction of sp³-hybridized carbons (Fsp3) is 0.533. The third-order valence-corrected chi connectivity index (χ3v) is 3.99.